The lowest BCUT2D eigenvalue weighted by Gasteiger charge is -2.31. The van der Waals surface area contributed by atoms with Crippen molar-refractivity contribution in [1.82, 2.24) is 14.9 Å². The number of nitrogens with one attached hydrogen (secondary N) is 1. The second kappa shape index (κ2) is 7.05. The Morgan fingerprint density at radius 2 is 2.09 bits per heavy atom. The number of aromatic nitrogens is 2. The quantitative estimate of drug-likeness (QED) is 0.891. The molecule has 0 amide bonds. The highest BCUT2D eigenvalue weighted by Gasteiger charge is 2.20. The zero-order valence-corrected chi connectivity index (χ0v) is 13.3. The smallest absolute Gasteiger partial charge is 0.154 e. The van der Waals surface area contributed by atoms with Gasteiger partial charge in [0.1, 0.15) is 5.82 Å². The first-order valence-corrected chi connectivity index (χ1v) is 8.42. The molecular weight excluding hydrogens is 274 g/mol. The van der Waals surface area contributed by atoms with E-state index >= 15 is 0 Å². The molecule has 0 aliphatic carbocycles. The van der Waals surface area contributed by atoms with Crippen LogP contribution in [0.2, 0.25) is 0 Å². The Hall–Kier alpha value is -1.68. The van der Waals surface area contributed by atoms with Gasteiger partial charge in [-0.2, -0.15) is 0 Å². The summed E-state index contributed by atoms with van der Waals surface area (Å²) < 4.78 is 0. The zero-order valence-electron chi connectivity index (χ0n) is 13.3. The van der Waals surface area contributed by atoms with Crippen LogP contribution in [0.25, 0.3) is 11.0 Å². The summed E-state index contributed by atoms with van der Waals surface area (Å²) in [6, 6.07) is 7.91. The molecule has 1 N–H and O–H groups in total. The van der Waals surface area contributed by atoms with Crippen molar-refractivity contribution in [2.24, 2.45) is 5.92 Å². The van der Waals surface area contributed by atoms with Gasteiger partial charge in [0, 0.05) is 0 Å². The van der Waals surface area contributed by atoms with Crippen LogP contribution >= 0.6 is 0 Å². The van der Waals surface area contributed by atoms with Crippen LogP contribution in [0.3, 0.4) is 0 Å². The third-order valence-electron chi connectivity index (χ3n) is 4.61. The van der Waals surface area contributed by atoms with Crippen LogP contribution < -0.4 is 0 Å². The van der Waals surface area contributed by atoms with E-state index in [2.05, 4.69) is 21.8 Å². The molecule has 4 heteroatoms. The molecule has 1 aliphatic heterocycles. The minimum absolute atomic E-state index is 0.257. The van der Waals surface area contributed by atoms with Gasteiger partial charge in [0.25, 0.3) is 0 Å². The Morgan fingerprint density at radius 1 is 1.32 bits per heavy atom. The average molecular weight is 299 g/mol. The summed E-state index contributed by atoms with van der Waals surface area (Å²) in [6.45, 7) is 4.95. The molecule has 0 saturated carbocycles. The first kappa shape index (κ1) is 15.2. The molecule has 2 aromatic rings. The fourth-order valence-corrected chi connectivity index (χ4v) is 3.42. The minimum Gasteiger partial charge on any atom is -0.342 e. The molecule has 4 nitrogen and oxygen atoms in total. The van der Waals surface area contributed by atoms with Gasteiger partial charge in [0.2, 0.25) is 0 Å². The molecule has 2 heterocycles. The summed E-state index contributed by atoms with van der Waals surface area (Å²) in [7, 11) is 0. The Labute approximate surface area is 131 Å². The van der Waals surface area contributed by atoms with E-state index in [0.717, 1.165) is 35.9 Å². The molecule has 3 rings (SSSR count). The maximum absolute atomic E-state index is 12.3. The van der Waals surface area contributed by atoms with Gasteiger partial charge >= 0.3 is 0 Å². The number of rotatable bonds is 6. The van der Waals surface area contributed by atoms with Crippen LogP contribution in [0.1, 0.15) is 38.4 Å². The number of H-pyrrole nitrogens is 1. The third-order valence-corrected chi connectivity index (χ3v) is 4.61. The Kier molecular flexibility index (Phi) is 4.88. The van der Waals surface area contributed by atoms with Crippen molar-refractivity contribution in [2.45, 2.75) is 39.0 Å². The monoisotopic (exact) mass is 299 g/mol. The first-order valence-electron chi connectivity index (χ1n) is 8.42. The number of carbonyl (C=O) groups excluding carboxylic acids is 1. The molecule has 0 atom stereocenters. The van der Waals surface area contributed by atoms with Crippen molar-refractivity contribution in [3.8, 4) is 0 Å². The molecule has 1 aliphatic rings. The van der Waals surface area contributed by atoms with Gasteiger partial charge in [-0.05, 0) is 44.0 Å². The molecule has 0 radical (unpaired) electrons. The molecule has 1 saturated heterocycles. The molecule has 1 aromatic heterocycles. The van der Waals surface area contributed by atoms with E-state index in [1.165, 1.54) is 25.7 Å². The summed E-state index contributed by atoms with van der Waals surface area (Å²) in [4.78, 5) is 22.3. The van der Waals surface area contributed by atoms with Crippen molar-refractivity contribution in [1.29, 1.82) is 0 Å². The molecule has 0 spiro atoms. The fraction of sp³-hybridized carbons (Fsp3) is 0.556. The number of fused-ring (bicyclic) bond motifs is 1. The number of ketones is 1. The number of imidazole rings is 1. The lowest BCUT2D eigenvalue weighted by molar-refractivity contribution is -0.120. The number of hydrogen-bond donors (Lipinski definition) is 1. The second-order valence-electron chi connectivity index (χ2n) is 6.42. The van der Waals surface area contributed by atoms with Gasteiger partial charge in [0.05, 0.1) is 24.0 Å². The maximum Gasteiger partial charge on any atom is 0.154 e. The van der Waals surface area contributed by atoms with Crippen molar-refractivity contribution < 1.29 is 4.79 Å². The van der Waals surface area contributed by atoms with Crippen molar-refractivity contribution >= 4 is 16.8 Å². The molecule has 118 valence electrons. The third kappa shape index (κ3) is 3.74. The van der Waals surface area contributed by atoms with Crippen LogP contribution in [-0.4, -0.2) is 40.3 Å². The van der Waals surface area contributed by atoms with Crippen LogP contribution in [0.15, 0.2) is 24.3 Å². The Bertz CT molecular complexity index is 593. The number of likely N-dealkylation sites (tertiary alicyclic amines) is 1. The second-order valence-corrected chi connectivity index (χ2v) is 6.42. The number of piperidine rings is 1. The van der Waals surface area contributed by atoms with E-state index in [0.29, 0.717) is 13.0 Å². The van der Waals surface area contributed by atoms with Gasteiger partial charge in [-0.25, -0.2) is 4.98 Å². The summed E-state index contributed by atoms with van der Waals surface area (Å²) in [5, 5.41) is 0. The topological polar surface area (TPSA) is 49.0 Å². The number of para-hydroxylation sites is 2. The van der Waals surface area contributed by atoms with E-state index in [1.54, 1.807) is 0 Å². The normalized spacial score (nSPS) is 17.1. The predicted octanol–water partition coefficient (Wildman–Crippen LogP) is 3.19. The van der Waals surface area contributed by atoms with E-state index in [1.807, 2.05) is 24.3 Å². The molecule has 22 heavy (non-hydrogen) atoms. The zero-order chi connectivity index (χ0) is 15.4. The SMILES string of the molecule is CCCC1CCN(CC(=O)Cc2nc3ccccc3[nH]2)CC1. The van der Waals surface area contributed by atoms with Gasteiger partial charge in [-0.1, -0.05) is 31.9 Å². The number of hydrogen-bond acceptors (Lipinski definition) is 3. The number of Topliss-reactive ketones (excluding diaryl/α,β-unsaturated/α-hetero) is 1. The van der Waals surface area contributed by atoms with Gasteiger partial charge in [0.15, 0.2) is 5.78 Å². The number of nitrogens with zero attached hydrogens (tertiary/aromatic N) is 2. The van der Waals surface area contributed by atoms with E-state index in [4.69, 9.17) is 0 Å². The lowest BCUT2D eigenvalue weighted by atomic mass is 9.92. The predicted molar refractivity (Wildman–Crippen MR) is 88.9 cm³/mol. The molecular formula is C18H25N3O. The number of carbonyl (C=O) groups is 1. The molecule has 0 bridgehead atoms. The molecule has 1 aromatic carbocycles. The highest BCUT2D eigenvalue weighted by atomic mass is 16.1. The summed E-state index contributed by atoms with van der Waals surface area (Å²) >= 11 is 0. The minimum atomic E-state index is 0.257. The van der Waals surface area contributed by atoms with Crippen LogP contribution in [0, 0.1) is 5.92 Å². The van der Waals surface area contributed by atoms with Crippen molar-refractivity contribution in [3.63, 3.8) is 0 Å². The highest BCUT2D eigenvalue weighted by Crippen LogP contribution is 2.21. The number of aromatic amines is 1. The maximum atomic E-state index is 12.3. The first-order chi connectivity index (χ1) is 10.7. The van der Waals surface area contributed by atoms with E-state index in [9.17, 15) is 4.79 Å². The lowest BCUT2D eigenvalue weighted by Crippen LogP contribution is -2.37. The Morgan fingerprint density at radius 3 is 2.82 bits per heavy atom. The van der Waals surface area contributed by atoms with Crippen LogP contribution in [0.4, 0.5) is 0 Å². The molecule has 0 unspecified atom stereocenters. The average Bonchev–Trinajstić information content (AvgIpc) is 2.91. The van der Waals surface area contributed by atoms with Crippen LogP contribution in [0.5, 0.6) is 0 Å². The van der Waals surface area contributed by atoms with Crippen molar-refractivity contribution in [2.75, 3.05) is 19.6 Å². The van der Waals surface area contributed by atoms with Gasteiger partial charge in [-0.3, -0.25) is 9.69 Å². The standard InChI is InChI=1S/C18H25N3O/c1-2-5-14-8-10-21(11-9-14)13-15(22)12-18-19-16-6-3-4-7-17(16)20-18/h3-4,6-7,14H,2,5,8-13H2,1H3,(H,19,20). The summed E-state index contributed by atoms with van der Waals surface area (Å²) in [5.41, 5.74) is 1.94. The van der Waals surface area contributed by atoms with E-state index in [-0.39, 0.29) is 5.78 Å². The van der Waals surface area contributed by atoms with E-state index < -0.39 is 0 Å². The molecule has 1 fully saturated rings. The summed E-state index contributed by atoms with van der Waals surface area (Å²) in [5.74, 6) is 1.91. The number of benzene rings is 1. The Balaban J connectivity index is 1.50. The fourth-order valence-electron chi connectivity index (χ4n) is 3.42. The van der Waals surface area contributed by atoms with Crippen LogP contribution in [-0.2, 0) is 11.2 Å². The summed E-state index contributed by atoms with van der Waals surface area (Å²) in [6.07, 6.45) is 5.50. The van der Waals surface area contributed by atoms with Gasteiger partial charge in [-0.15, -0.1) is 0 Å². The van der Waals surface area contributed by atoms with Gasteiger partial charge < -0.3 is 4.98 Å². The largest absolute Gasteiger partial charge is 0.342 e. The van der Waals surface area contributed by atoms with Crippen molar-refractivity contribution in [3.05, 3.63) is 30.1 Å². The highest BCUT2D eigenvalue weighted by molar-refractivity contribution is 5.83.